The van der Waals surface area contributed by atoms with Gasteiger partial charge in [0.15, 0.2) is 0 Å². The van der Waals surface area contributed by atoms with E-state index in [9.17, 15) is 9.18 Å². The van der Waals surface area contributed by atoms with Crippen LogP contribution in [-0.4, -0.2) is 10.2 Å². The number of halogens is 1. The van der Waals surface area contributed by atoms with Crippen LogP contribution in [0.15, 0.2) is 35.7 Å². The van der Waals surface area contributed by atoms with Crippen molar-refractivity contribution in [3.63, 3.8) is 0 Å². The maximum atomic E-state index is 13.2. The summed E-state index contributed by atoms with van der Waals surface area (Å²) in [5.74, 6) is -0.880. The molecule has 0 fully saturated rings. The minimum atomic E-state index is -0.509. The molecule has 0 amide bonds. The summed E-state index contributed by atoms with van der Waals surface area (Å²) < 4.78 is 17.0. The maximum absolute atomic E-state index is 13.2. The average molecular weight is 207 g/mol. The molecule has 0 aliphatic rings. The Labute approximate surface area is 84.2 Å². The summed E-state index contributed by atoms with van der Waals surface area (Å²) in [5.41, 5.74) is 0.360. The Balaban J connectivity index is 2.42. The Morgan fingerprint density at radius 3 is 2.71 bits per heavy atom. The van der Waals surface area contributed by atoms with E-state index in [0.29, 0.717) is 5.69 Å². The van der Waals surface area contributed by atoms with Crippen molar-refractivity contribution < 1.29 is 9.18 Å². The van der Waals surface area contributed by atoms with E-state index >= 15 is 0 Å². The van der Waals surface area contributed by atoms with Crippen LogP contribution in [0.5, 0.6) is 0 Å². The van der Waals surface area contributed by atoms with Gasteiger partial charge in [-0.15, -0.1) is 0 Å². The van der Waals surface area contributed by atoms with E-state index in [1.807, 2.05) is 0 Å². The molecule has 1 heterocycles. The highest BCUT2D eigenvalue weighted by molar-refractivity contribution is 7.03. The lowest BCUT2D eigenvalue weighted by molar-refractivity contribution is 0.103. The van der Waals surface area contributed by atoms with Gasteiger partial charge in [0, 0.05) is 5.38 Å². The third kappa shape index (κ3) is 1.56. The van der Waals surface area contributed by atoms with Gasteiger partial charge in [-0.1, -0.05) is 12.1 Å². The molecule has 0 unspecified atom stereocenters. The summed E-state index contributed by atoms with van der Waals surface area (Å²) in [6.45, 7) is 0. The normalized spacial score (nSPS) is 10.1. The fourth-order valence-electron chi connectivity index (χ4n) is 1.11. The van der Waals surface area contributed by atoms with Crippen LogP contribution in [0.1, 0.15) is 16.1 Å². The molecule has 0 aliphatic carbocycles. The van der Waals surface area contributed by atoms with Crippen molar-refractivity contribution in [2.24, 2.45) is 0 Å². The van der Waals surface area contributed by atoms with E-state index in [4.69, 9.17) is 0 Å². The fourth-order valence-corrected chi connectivity index (χ4v) is 1.62. The van der Waals surface area contributed by atoms with Crippen LogP contribution in [-0.2, 0) is 0 Å². The predicted molar refractivity (Wildman–Crippen MR) is 51.9 cm³/mol. The molecule has 4 heteroatoms. The first-order valence-electron chi connectivity index (χ1n) is 3.98. The number of carbonyl (C=O) groups excluding carboxylic acids is 1. The van der Waals surface area contributed by atoms with Gasteiger partial charge in [0.05, 0.1) is 5.56 Å². The Hall–Kier alpha value is -1.55. The van der Waals surface area contributed by atoms with Crippen molar-refractivity contribution in [1.29, 1.82) is 0 Å². The SMILES string of the molecule is O=C(c1ccsn1)c1ccccc1F. The summed E-state index contributed by atoms with van der Waals surface area (Å²) in [6, 6.07) is 7.48. The second-order valence-electron chi connectivity index (χ2n) is 2.69. The molecule has 14 heavy (non-hydrogen) atoms. The third-order valence-corrected chi connectivity index (χ3v) is 2.35. The lowest BCUT2D eigenvalue weighted by Gasteiger charge is -1.97. The van der Waals surface area contributed by atoms with Gasteiger partial charge in [-0.2, -0.15) is 4.37 Å². The van der Waals surface area contributed by atoms with E-state index in [1.54, 1.807) is 23.6 Å². The summed E-state index contributed by atoms with van der Waals surface area (Å²) >= 11 is 1.18. The molecule has 0 saturated heterocycles. The number of nitrogens with zero attached hydrogens (tertiary/aromatic N) is 1. The van der Waals surface area contributed by atoms with Crippen LogP contribution >= 0.6 is 11.5 Å². The van der Waals surface area contributed by atoms with Gasteiger partial charge in [0.1, 0.15) is 11.5 Å². The summed E-state index contributed by atoms with van der Waals surface area (Å²) in [7, 11) is 0. The van der Waals surface area contributed by atoms with Crippen molar-refractivity contribution >= 4 is 17.3 Å². The highest BCUT2D eigenvalue weighted by Gasteiger charge is 2.14. The van der Waals surface area contributed by atoms with Crippen LogP contribution in [0.25, 0.3) is 0 Å². The summed E-state index contributed by atoms with van der Waals surface area (Å²) in [5, 5.41) is 1.69. The van der Waals surface area contributed by atoms with Crippen LogP contribution < -0.4 is 0 Å². The Bertz CT molecular complexity index is 453. The summed E-state index contributed by atoms with van der Waals surface area (Å²) in [6.07, 6.45) is 0. The first-order valence-corrected chi connectivity index (χ1v) is 4.82. The molecule has 1 aromatic heterocycles. The molecule has 1 aromatic carbocycles. The van der Waals surface area contributed by atoms with E-state index in [1.165, 1.54) is 23.7 Å². The number of hydrogen-bond donors (Lipinski definition) is 0. The lowest BCUT2D eigenvalue weighted by atomic mass is 10.1. The number of hydrogen-bond acceptors (Lipinski definition) is 3. The fraction of sp³-hybridized carbons (Fsp3) is 0. The largest absolute Gasteiger partial charge is 0.287 e. The molecule has 0 spiro atoms. The number of carbonyl (C=O) groups is 1. The molecule has 2 nitrogen and oxygen atoms in total. The van der Waals surface area contributed by atoms with Crippen molar-refractivity contribution in [2.75, 3.05) is 0 Å². The Kier molecular flexibility index (Phi) is 2.37. The van der Waals surface area contributed by atoms with Crippen LogP contribution in [0.3, 0.4) is 0 Å². The van der Waals surface area contributed by atoms with Crippen molar-refractivity contribution in [3.8, 4) is 0 Å². The van der Waals surface area contributed by atoms with Crippen LogP contribution in [0.2, 0.25) is 0 Å². The van der Waals surface area contributed by atoms with E-state index in [2.05, 4.69) is 4.37 Å². The molecular weight excluding hydrogens is 201 g/mol. The second-order valence-corrected chi connectivity index (χ2v) is 3.36. The maximum Gasteiger partial charge on any atom is 0.215 e. The van der Waals surface area contributed by atoms with E-state index in [-0.39, 0.29) is 11.3 Å². The second kappa shape index (κ2) is 3.67. The number of rotatable bonds is 2. The number of ketones is 1. The lowest BCUT2D eigenvalue weighted by Crippen LogP contribution is -2.03. The molecule has 70 valence electrons. The minimum absolute atomic E-state index is 0.0680. The van der Waals surface area contributed by atoms with Gasteiger partial charge >= 0.3 is 0 Å². The van der Waals surface area contributed by atoms with Crippen molar-refractivity contribution in [3.05, 3.63) is 52.8 Å². The van der Waals surface area contributed by atoms with Gasteiger partial charge in [0.25, 0.3) is 0 Å². The third-order valence-electron chi connectivity index (χ3n) is 1.79. The van der Waals surface area contributed by atoms with Gasteiger partial charge in [0.2, 0.25) is 5.78 Å². The molecular formula is C10H6FNOS. The van der Waals surface area contributed by atoms with Crippen molar-refractivity contribution in [1.82, 2.24) is 4.37 Å². The Morgan fingerprint density at radius 2 is 2.07 bits per heavy atom. The first kappa shape index (κ1) is 9.02. The molecule has 2 aromatic rings. The molecule has 0 radical (unpaired) electrons. The predicted octanol–water partition coefficient (Wildman–Crippen LogP) is 2.51. The average Bonchev–Trinajstić information content (AvgIpc) is 2.70. The monoisotopic (exact) mass is 207 g/mol. The zero-order chi connectivity index (χ0) is 9.97. The minimum Gasteiger partial charge on any atom is -0.287 e. The van der Waals surface area contributed by atoms with Crippen LogP contribution in [0.4, 0.5) is 4.39 Å². The van der Waals surface area contributed by atoms with Crippen LogP contribution in [0, 0.1) is 5.82 Å². The summed E-state index contributed by atoms with van der Waals surface area (Å²) in [4.78, 5) is 11.6. The van der Waals surface area contributed by atoms with E-state index in [0.717, 1.165) is 0 Å². The molecule has 0 aliphatic heterocycles. The zero-order valence-corrected chi connectivity index (χ0v) is 7.92. The molecule has 0 N–H and O–H groups in total. The molecule has 0 atom stereocenters. The highest BCUT2D eigenvalue weighted by Crippen LogP contribution is 2.12. The van der Waals surface area contributed by atoms with Gasteiger partial charge in [-0.3, -0.25) is 4.79 Å². The van der Waals surface area contributed by atoms with E-state index < -0.39 is 5.82 Å². The first-order chi connectivity index (χ1) is 6.79. The zero-order valence-electron chi connectivity index (χ0n) is 7.11. The number of aromatic nitrogens is 1. The van der Waals surface area contributed by atoms with Crippen molar-refractivity contribution in [2.45, 2.75) is 0 Å². The Morgan fingerprint density at radius 1 is 1.29 bits per heavy atom. The molecule has 0 saturated carbocycles. The highest BCUT2D eigenvalue weighted by atomic mass is 32.1. The standard InChI is InChI=1S/C10H6FNOS/c11-8-4-2-1-3-7(8)10(13)9-5-6-14-12-9/h1-6H. The topological polar surface area (TPSA) is 30.0 Å². The molecule has 2 rings (SSSR count). The number of benzene rings is 1. The quantitative estimate of drug-likeness (QED) is 0.708. The van der Waals surface area contributed by atoms with Gasteiger partial charge < -0.3 is 0 Å². The smallest absolute Gasteiger partial charge is 0.215 e. The molecule has 0 bridgehead atoms. The van der Waals surface area contributed by atoms with Gasteiger partial charge in [-0.05, 0) is 29.7 Å². The van der Waals surface area contributed by atoms with Gasteiger partial charge in [-0.25, -0.2) is 4.39 Å².